The first-order valence-corrected chi connectivity index (χ1v) is 5.12. The van der Waals surface area contributed by atoms with Crippen LogP contribution in [0.15, 0.2) is 12.3 Å². The van der Waals surface area contributed by atoms with Gasteiger partial charge in [0.05, 0.1) is 0 Å². The molecule has 1 heterocycles. The van der Waals surface area contributed by atoms with Crippen LogP contribution in [0.3, 0.4) is 0 Å². The van der Waals surface area contributed by atoms with Gasteiger partial charge < -0.3 is 5.32 Å². The molecule has 0 bridgehead atoms. The quantitative estimate of drug-likeness (QED) is 0.745. The van der Waals surface area contributed by atoms with Crippen LogP contribution in [0.5, 0.6) is 0 Å². The van der Waals surface area contributed by atoms with Crippen molar-refractivity contribution in [2.45, 2.75) is 25.7 Å². The molecular weight excluding hydrogens is 178 g/mol. The van der Waals surface area contributed by atoms with Crippen LogP contribution in [0.4, 0.5) is 0 Å². The molecule has 76 valence electrons. The Morgan fingerprint density at radius 3 is 3.07 bits per heavy atom. The zero-order valence-corrected chi connectivity index (χ0v) is 8.12. The summed E-state index contributed by atoms with van der Waals surface area (Å²) in [5.74, 6) is 0.507. The molecule has 1 amide bonds. The highest BCUT2D eigenvalue weighted by molar-refractivity contribution is 5.79. The van der Waals surface area contributed by atoms with Crippen molar-refractivity contribution in [2.75, 3.05) is 6.54 Å². The van der Waals surface area contributed by atoms with Gasteiger partial charge in [-0.25, -0.2) is 0 Å². The zero-order valence-electron chi connectivity index (χ0n) is 8.12. The van der Waals surface area contributed by atoms with Crippen molar-refractivity contribution >= 4 is 5.91 Å². The molecule has 0 aliphatic heterocycles. The SMILES string of the molecule is O=C(NCCc1ccn[nH]1)C1CCC1. The van der Waals surface area contributed by atoms with Gasteiger partial charge >= 0.3 is 0 Å². The summed E-state index contributed by atoms with van der Waals surface area (Å²) in [6.45, 7) is 0.706. The summed E-state index contributed by atoms with van der Waals surface area (Å²) in [5.41, 5.74) is 1.07. The third-order valence-electron chi connectivity index (χ3n) is 2.73. The Balaban J connectivity index is 1.65. The molecule has 0 aromatic carbocycles. The first kappa shape index (κ1) is 9.24. The molecule has 0 atom stereocenters. The van der Waals surface area contributed by atoms with E-state index in [9.17, 15) is 4.79 Å². The molecule has 1 aliphatic carbocycles. The van der Waals surface area contributed by atoms with Crippen LogP contribution in [0, 0.1) is 5.92 Å². The number of carbonyl (C=O) groups excluding carboxylic acids is 1. The number of rotatable bonds is 4. The van der Waals surface area contributed by atoms with Crippen LogP contribution in [0.2, 0.25) is 0 Å². The lowest BCUT2D eigenvalue weighted by Gasteiger charge is -2.23. The van der Waals surface area contributed by atoms with Crippen molar-refractivity contribution in [1.29, 1.82) is 0 Å². The van der Waals surface area contributed by atoms with Crippen LogP contribution in [-0.4, -0.2) is 22.6 Å². The van der Waals surface area contributed by atoms with E-state index in [0.29, 0.717) is 6.54 Å². The standard InChI is InChI=1S/C10H15N3O/c14-10(8-2-1-3-8)11-6-4-9-5-7-12-13-9/h5,7-8H,1-4,6H2,(H,11,14)(H,12,13). The summed E-state index contributed by atoms with van der Waals surface area (Å²) in [4.78, 5) is 11.4. The van der Waals surface area contributed by atoms with Gasteiger partial charge in [-0.2, -0.15) is 5.10 Å². The van der Waals surface area contributed by atoms with E-state index in [0.717, 1.165) is 25.0 Å². The first-order valence-electron chi connectivity index (χ1n) is 5.12. The van der Waals surface area contributed by atoms with E-state index in [2.05, 4.69) is 15.5 Å². The number of carbonyl (C=O) groups is 1. The van der Waals surface area contributed by atoms with E-state index < -0.39 is 0 Å². The van der Waals surface area contributed by atoms with Crippen molar-refractivity contribution < 1.29 is 4.79 Å². The highest BCUT2D eigenvalue weighted by Crippen LogP contribution is 2.25. The van der Waals surface area contributed by atoms with Crippen LogP contribution in [-0.2, 0) is 11.2 Å². The summed E-state index contributed by atoms with van der Waals surface area (Å²) in [5, 5.41) is 9.65. The summed E-state index contributed by atoms with van der Waals surface area (Å²) >= 11 is 0. The number of H-pyrrole nitrogens is 1. The number of aromatic nitrogens is 2. The van der Waals surface area contributed by atoms with E-state index in [1.807, 2.05) is 6.07 Å². The minimum absolute atomic E-state index is 0.218. The van der Waals surface area contributed by atoms with E-state index in [-0.39, 0.29) is 11.8 Å². The maximum Gasteiger partial charge on any atom is 0.223 e. The molecule has 0 radical (unpaired) electrons. The maximum absolute atomic E-state index is 11.4. The van der Waals surface area contributed by atoms with Crippen LogP contribution in [0.25, 0.3) is 0 Å². The maximum atomic E-state index is 11.4. The van der Waals surface area contributed by atoms with Gasteiger partial charge in [-0.05, 0) is 18.9 Å². The largest absolute Gasteiger partial charge is 0.355 e. The average molecular weight is 193 g/mol. The Kier molecular flexibility index (Phi) is 2.81. The lowest BCUT2D eigenvalue weighted by molar-refractivity contribution is -0.127. The molecule has 1 aliphatic rings. The van der Waals surface area contributed by atoms with E-state index in [1.54, 1.807) is 6.20 Å². The van der Waals surface area contributed by atoms with Gasteiger partial charge in [-0.1, -0.05) is 6.42 Å². The van der Waals surface area contributed by atoms with Gasteiger partial charge in [0.25, 0.3) is 0 Å². The summed E-state index contributed by atoms with van der Waals surface area (Å²) < 4.78 is 0. The molecule has 14 heavy (non-hydrogen) atoms. The fourth-order valence-electron chi connectivity index (χ4n) is 1.56. The summed E-state index contributed by atoms with van der Waals surface area (Å²) in [7, 11) is 0. The van der Waals surface area contributed by atoms with Crippen molar-refractivity contribution in [3.8, 4) is 0 Å². The van der Waals surface area contributed by atoms with Gasteiger partial charge in [-0.3, -0.25) is 9.89 Å². The minimum atomic E-state index is 0.218. The molecule has 4 heteroatoms. The van der Waals surface area contributed by atoms with Crippen molar-refractivity contribution in [1.82, 2.24) is 15.5 Å². The van der Waals surface area contributed by atoms with Gasteiger partial charge in [0, 0.05) is 30.8 Å². The van der Waals surface area contributed by atoms with Crippen LogP contribution in [0.1, 0.15) is 25.0 Å². The normalized spacial score (nSPS) is 16.3. The smallest absolute Gasteiger partial charge is 0.223 e. The number of amides is 1. The Labute approximate surface area is 83.1 Å². The van der Waals surface area contributed by atoms with Crippen LogP contribution >= 0.6 is 0 Å². The van der Waals surface area contributed by atoms with E-state index >= 15 is 0 Å². The number of aromatic amines is 1. The van der Waals surface area contributed by atoms with E-state index in [1.165, 1.54) is 6.42 Å². The Bertz CT molecular complexity index is 290. The lowest BCUT2D eigenvalue weighted by atomic mass is 9.85. The second-order valence-corrected chi connectivity index (χ2v) is 3.75. The molecule has 1 aromatic rings. The van der Waals surface area contributed by atoms with Gasteiger partial charge in [0.15, 0.2) is 0 Å². The second kappa shape index (κ2) is 4.26. The molecule has 1 aromatic heterocycles. The highest BCUT2D eigenvalue weighted by atomic mass is 16.1. The first-order chi connectivity index (χ1) is 6.86. The fourth-order valence-corrected chi connectivity index (χ4v) is 1.56. The minimum Gasteiger partial charge on any atom is -0.355 e. The highest BCUT2D eigenvalue weighted by Gasteiger charge is 2.24. The molecule has 0 saturated heterocycles. The third kappa shape index (κ3) is 2.13. The number of nitrogens with zero attached hydrogens (tertiary/aromatic N) is 1. The number of nitrogens with one attached hydrogen (secondary N) is 2. The monoisotopic (exact) mass is 193 g/mol. The predicted molar refractivity (Wildman–Crippen MR) is 52.6 cm³/mol. The Morgan fingerprint density at radius 2 is 2.50 bits per heavy atom. The molecule has 1 saturated carbocycles. The summed E-state index contributed by atoms with van der Waals surface area (Å²) in [6, 6.07) is 1.93. The third-order valence-corrected chi connectivity index (χ3v) is 2.73. The summed E-state index contributed by atoms with van der Waals surface area (Å²) in [6.07, 6.45) is 5.89. The van der Waals surface area contributed by atoms with Crippen molar-refractivity contribution in [2.24, 2.45) is 5.92 Å². The predicted octanol–water partition coefficient (Wildman–Crippen LogP) is 0.868. The molecule has 2 N–H and O–H groups in total. The zero-order chi connectivity index (χ0) is 9.80. The Morgan fingerprint density at radius 1 is 1.64 bits per heavy atom. The van der Waals surface area contributed by atoms with Gasteiger partial charge in [-0.15, -0.1) is 0 Å². The molecule has 0 spiro atoms. The number of hydrogen-bond donors (Lipinski definition) is 2. The van der Waals surface area contributed by atoms with Gasteiger partial charge in [0.2, 0.25) is 5.91 Å². The molecular formula is C10H15N3O. The van der Waals surface area contributed by atoms with Gasteiger partial charge in [0.1, 0.15) is 0 Å². The van der Waals surface area contributed by atoms with Crippen molar-refractivity contribution in [3.05, 3.63) is 18.0 Å². The molecule has 0 unspecified atom stereocenters. The number of hydrogen-bond acceptors (Lipinski definition) is 2. The lowest BCUT2D eigenvalue weighted by Crippen LogP contribution is -2.35. The Hall–Kier alpha value is -1.32. The molecule has 4 nitrogen and oxygen atoms in total. The molecule has 1 fully saturated rings. The fraction of sp³-hybridized carbons (Fsp3) is 0.600. The van der Waals surface area contributed by atoms with E-state index in [4.69, 9.17) is 0 Å². The molecule has 2 rings (SSSR count). The van der Waals surface area contributed by atoms with Crippen molar-refractivity contribution in [3.63, 3.8) is 0 Å². The average Bonchev–Trinajstić information content (AvgIpc) is 2.53. The topological polar surface area (TPSA) is 57.8 Å². The second-order valence-electron chi connectivity index (χ2n) is 3.75. The van der Waals surface area contributed by atoms with Crippen LogP contribution < -0.4 is 5.32 Å².